The van der Waals surface area contributed by atoms with Gasteiger partial charge in [0.15, 0.2) is 0 Å². The summed E-state index contributed by atoms with van der Waals surface area (Å²) in [5.74, 6) is 0. The van der Waals surface area contributed by atoms with Gasteiger partial charge in [-0.1, -0.05) is 24.4 Å². The molecule has 4 nitrogen and oxygen atoms in total. The fourth-order valence-corrected chi connectivity index (χ4v) is 2.56. The van der Waals surface area contributed by atoms with Gasteiger partial charge in [-0.25, -0.2) is 0 Å². The first kappa shape index (κ1) is 13.0. The van der Waals surface area contributed by atoms with Gasteiger partial charge in [0.25, 0.3) is 5.69 Å². The van der Waals surface area contributed by atoms with Crippen molar-refractivity contribution in [2.24, 2.45) is 0 Å². The number of benzene rings is 1. The van der Waals surface area contributed by atoms with Crippen molar-refractivity contribution in [2.45, 2.75) is 25.7 Å². The van der Waals surface area contributed by atoms with Crippen LogP contribution in [0.25, 0.3) is 0 Å². The largest absolute Gasteiger partial charge is 0.366 e. The van der Waals surface area contributed by atoms with Gasteiger partial charge in [-0.15, -0.1) is 0 Å². The molecular weight excluding hydrogens is 248 g/mol. The van der Waals surface area contributed by atoms with Gasteiger partial charge < -0.3 is 4.90 Å². The zero-order valence-corrected chi connectivity index (χ0v) is 11.0. The Labute approximate surface area is 112 Å². The Kier molecular flexibility index (Phi) is 4.25. The van der Waals surface area contributed by atoms with E-state index >= 15 is 0 Å². The first-order valence-electron chi connectivity index (χ1n) is 6.18. The molecule has 0 spiro atoms. The topological polar surface area (TPSA) is 46.4 Å². The van der Waals surface area contributed by atoms with Gasteiger partial charge in [0.05, 0.1) is 9.91 Å². The Bertz CT molecular complexity index is 456. The third kappa shape index (κ3) is 3.26. The van der Waals surface area contributed by atoms with Crippen LogP contribution in [0.15, 0.2) is 24.3 Å². The Morgan fingerprint density at radius 3 is 2.72 bits per heavy atom. The van der Waals surface area contributed by atoms with Crippen molar-refractivity contribution in [3.63, 3.8) is 0 Å². The van der Waals surface area contributed by atoms with E-state index in [1.807, 2.05) is 6.07 Å². The molecular formula is C13H16N2O2S. The summed E-state index contributed by atoms with van der Waals surface area (Å²) >= 11 is 5.42. The summed E-state index contributed by atoms with van der Waals surface area (Å²) in [4.78, 5) is 13.5. The summed E-state index contributed by atoms with van der Waals surface area (Å²) in [5.41, 5.74) is 1.05. The number of hydrogen-bond acceptors (Lipinski definition) is 3. The fourth-order valence-electron chi connectivity index (χ4n) is 2.21. The Morgan fingerprint density at radius 1 is 1.33 bits per heavy atom. The second-order valence-corrected chi connectivity index (χ2v) is 5.02. The molecule has 2 rings (SSSR count). The molecule has 0 aliphatic carbocycles. The van der Waals surface area contributed by atoms with Crippen LogP contribution < -0.4 is 0 Å². The minimum Gasteiger partial charge on any atom is -0.366 e. The van der Waals surface area contributed by atoms with E-state index in [0.717, 1.165) is 23.6 Å². The van der Waals surface area contributed by atoms with Crippen LogP contribution in [0.4, 0.5) is 5.69 Å². The third-order valence-corrected chi connectivity index (χ3v) is 3.59. The molecule has 18 heavy (non-hydrogen) atoms. The number of rotatable bonds is 3. The lowest BCUT2D eigenvalue weighted by molar-refractivity contribution is -0.384. The normalized spacial score (nSPS) is 15.4. The summed E-state index contributed by atoms with van der Waals surface area (Å²) in [6.45, 7) is 2.04. The highest BCUT2D eigenvalue weighted by molar-refractivity contribution is 7.80. The molecule has 0 N–H and O–H groups in total. The molecule has 0 saturated carbocycles. The van der Waals surface area contributed by atoms with E-state index in [2.05, 4.69) is 4.90 Å². The highest BCUT2D eigenvalue weighted by Gasteiger charge is 2.14. The predicted molar refractivity (Wildman–Crippen MR) is 74.8 cm³/mol. The van der Waals surface area contributed by atoms with Crippen molar-refractivity contribution in [1.29, 1.82) is 0 Å². The summed E-state index contributed by atoms with van der Waals surface area (Å²) in [6, 6.07) is 6.72. The number of non-ortho nitro benzene ring substituents is 1. The lowest BCUT2D eigenvalue weighted by atomic mass is 10.1. The zero-order valence-electron chi connectivity index (χ0n) is 10.2. The van der Waals surface area contributed by atoms with Crippen molar-refractivity contribution in [2.75, 3.05) is 13.1 Å². The lowest BCUT2D eigenvalue weighted by Crippen LogP contribution is -2.35. The van der Waals surface area contributed by atoms with Gasteiger partial charge in [0.2, 0.25) is 0 Å². The molecule has 1 aliphatic rings. The Hall–Kier alpha value is -1.49. The maximum Gasteiger partial charge on any atom is 0.269 e. The minimum absolute atomic E-state index is 0.133. The molecule has 0 atom stereocenters. The molecule has 0 aromatic heterocycles. The van der Waals surface area contributed by atoms with Gasteiger partial charge in [-0.3, -0.25) is 10.1 Å². The average Bonchev–Trinajstić information content (AvgIpc) is 2.40. The van der Waals surface area contributed by atoms with Crippen molar-refractivity contribution in [1.82, 2.24) is 4.90 Å². The summed E-state index contributed by atoms with van der Waals surface area (Å²) in [6.07, 6.45) is 4.27. The van der Waals surface area contributed by atoms with E-state index in [1.54, 1.807) is 12.1 Å². The van der Waals surface area contributed by atoms with Crippen LogP contribution in [0, 0.1) is 10.1 Å². The lowest BCUT2D eigenvalue weighted by Gasteiger charge is -2.29. The summed E-state index contributed by atoms with van der Waals surface area (Å²) < 4.78 is 0. The number of nitro groups is 1. The first-order valence-corrected chi connectivity index (χ1v) is 6.59. The second-order valence-electron chi connectivity index (χ2n) is 4.55. The van der Waals surface area contributed by atoms with Crippen molar-refractivity contribution >= 4 is 22.9 Å². The number of nitro benzene ring substituents is 1. The predicted octanol–water partition coefficient (Wildman–Crippen LogP) is 2.95. The van der Waals surface area contributed by atoms with Gasteiger partial charge in [0.1, 0.15) is 0 Å². The zero-order chi connectivity index (χ0) is 13.0. The van der Waals surface area contributed by atoms with Gasteiger partial charge in [-0.05, 0) is 24.8 Å². The molecule has 96 valence electrons. The SMILES string of the molecule is O=[N+]([O-])c1cccc(CC(=S)N2CCCCC2)c1. The Balaban J connectivity index is 2.02. The van der Waals surface area contributed by atoms with Crippen LogP contribution in [0.2, 0.25) is 0 Å². The Morgan fingerprint density at radius 2 is 2.06 bits per heavy atom. The van der Waals surface area contributed by atoms with Crippen LogP contribution in [0.1, 0.15) is 24.8 Å². The van der Waals surface area contributed by atoms with E-state index in [4.69, 9.17) is 12.2 Å². The number of piperidine rings is 1. The van der Waals surface area contributed by atoms with Crippen molar-refractivity contribution in [3.8, 4) is 0 Å². The number of likely N-dealkylation sites (tertiary alicyclic amines) is 1. The number of nitrogens with zero attached hydrogens (tertiary/aromatic N) is 2. The van der Waals surface area contributed by atoms with Crippen molar-refractivity contribution < 1.29 is 4.92 Å². The molecule has 1 aromatic rings. The molecule has 0 amide bonds. The molecule has 1 heterocycles. The summed E-state index contributed by atoms with van der Waals surface area (Å²) in [5, 5.41) is 10.7. The average molecular weight is 264 g/mol. The summed E-state index contributed by atoms with van der Waals surface area (Å²) in [7, 11) is 0. The van der Waals surface area contributed by atoms with Crippen LogP contribution in [0.5, 0.6) is 0 Å². The molecule has 0 unspecified atom stereocenters. The van der Waals surface area contributed by atoms with Crippen molar-refractivity contribution in [3.05, 3.63) is 39.9 Å². The van der Waals surface area contributed by atoms with Gasteiger partial charge in [0, 0.05) is 31.6 Å². The molecule has 0 bridgehead atoms. The minimum atomic E-state index is -0.368. The van der Waals surface area contributed by atoms with E-state index in [9.17, 15) is 10.1 Å². The molecule has 1 saturated heterocycles. The maximum atomic E-state index is 10.7. The number of thiocarbonyl (C=S) groups is 1. The first-order chi connectivity index (χ1) is 8.66. The van der Waals surface area contributed by atoms with E-state index in [0.29, 0.717) is 6.42 Å². The van der Waals surface area contributed by atoms with E-state index in [1.165, 1.54) is 25.3 Å². The van der Waals surface area contributed by atoms with Crippen LogP contribution in [-0.2, 0) is 6.42 Å². The molecule has 5 heteroatoms. The van der Waals surface area contributed by atoms with Gasteiger partial charge >= 0.3 is 0 Å². The fraction of sp³-hybridized carbons (Fsp3) is 0.462. The third-order valence-electron chi connectivity index (χ3n) is 3.19. The molecule has 1 aliphatic heterocycles. The van der Waals surface area contributed by atoms with Gasteiger partial charge in [-0.2, -0.15) is 0 Å². The smallest absolute Gasteiger partial charge is 0.269 e. The second kappa shape index (κ2) is 5.91. The van der Waals surface area contributed by atoms with E-state index < -0.39 is 0 Å². The highest BCUT2D eigenvalue weighted by atomic mass is 32.1. The van der Waals surface area contributed by atoms with E-state index in [-0.39, 0.29) is 10.6 Å². The standard InChI is InChI=1S/C13H16N2O2S/c16-15(17)12-6-4-5-11(9-12)10-13(18)14-7-2-1-3-8-14/h4-6,9H,1-3,7-8,10H2. The quantitative estimate of drug-likeness (QED) is 0.478. The maximum absolute atomic E-state index is 10.7. The number of hydrogen-bond donors (Lipinski definition) is 0. The molecule has 1 aromatic carbocycles. The van der Waals surface area contributed by atoms with Crippen LogP contribution in [0.3, 0.4) is 0 Å². The molecule has 1 fully saturated rings. The van der Waals surface area contributed by atoms with Crippen LogP contribution >= 0.6 is 12.2 Å². The molecule has 0 radical (unpaired) electrons. The van der Waals surface area contributed by atoms with Crippen LogP contribution in [-0.4, -0.2) is 27.9 Å². The monoisotopic (exact) mass is 264 g/mol. The highest BCUT2D eigenvalue weighted by Crippen LogP contribution is 2.16.